The third-order valence-corrected chi connectivity index (χ3v) is 3.82. The molecule has 1 fully saturated rings. The molecular weight excluding hydrogens is 252 g/mol. The molecule has 4 heteroatoms. The lowest BCUT2D eigenvalue weighted by Crippen LogP contribution is -2.13. The molecule has 1 saturated carbocycles. The summed E-state index contributed by atoms with van der Waals surface area (Å²) in [5.41, 5.74) is 1.05. The van der Waals surface area contributed by atoms with Crippen molar-refractivity contribution in [2.45, 2.75) is 32.4 Å². The average molecular weight is 272 g/mol. The highest BCUT2D eigenvalue weighted by Crippen LogP contribution is 2.47. The van der Waals surface area contributed by atoms with E-state index in [1.54, 1.807) is 13.3 Å². The number of pyridine rings is 1. The van der Waals surface area contributed by atoms with E-state index >= 15 is 0 Å². The number of nitrogens with one attached hydrogen (secondary N) is 1. The second kappa shape index (κ2) is 5.67. The van der Waals surface area contributed by atoms with Crippen molar-refractivity contribution in [2.75, 3.05) is 7.11 Å². The predicted octanol–water partition coefficient (Wildman–Crippen LogP) is 3.10. The summed E-state index contributed by atoms with van der Waals surface area (Å²) >= 11 is 0. The third-order valence-electron chi connectivity index (χ3n) is 3.82. The molecule has 1 aliphatic rings. The highest BCUT2D eigenvalue weighted by atomic mass is 16.5. The van der Waals surface area contributed by atoms with E-state index in [4.69, 9.17) is 9.15 Å². The Hall–Kier alpha value is -1.81. The van der Waals surface area contributed by atoms with Gasteiger partial charge >= 0.3 is 0 Å². The van der Waals surface area contributed by atoms with Crippen molar-refractivity contribution in [3.8, 4) is 5.88 Å². The summed E-state index contributed by atoms with van der Waals surface area (Å²) in [6, 6.07) is 8.10. The molecule has 0 radical (unpaired) electrons. The molecule has 0 aliphatic heterocycles. The lowest BCUT2D eigenvalue weighted by atomic mass is 10.2. The van der Waals surface area contributed by atoms with Gasteiger partial charge in [0.2, 0.25) is 5.88 Å². The fourth-order valence-corrected chi connectivity index (χ4v) is 2.47. The van der Waals surface area contributed by atoms with Gasteiger partial charge in [-0.05, 0) is 30.5 Å². The van der Waals surface area contributed by atoms with Crippen LogP contribution in [0, 0.1) is 5.92 Å². The molecule has 0 saturated heterocycles. The Kier molecular flexibility index (Phi) is 3.74. The first-order chi connectivity index (χ1) is 9.78. The van der Waals surface area contributed by atoms with Crippen LogP contribution < -0.4 is 10.1 Å². The maximum Gasteiger partial charge on any atom is 0.217 e. The van der Waals surface area contributed by atoms with Gasteiger partial charge < -0.3 is 14.5 Å². The van der Waals surface area contributed by atoms with Gasteiger partial charge in [-0.3, -0.25) is 0 Å². The van der Waals surface area contributed by atoms with E-state index in [0.717, 1.165) is 29.5 Å². The summed E-state index contributed by atoms with van der Waals surface area (Å²) in [7, 11) is 1.64. The number of rotatable bonds is 6. The highest BCUT2D eigenvalue weighted by Gasteiger charge is 2.36. The van der Waals surface area contributed by atoms with Gasteiger partial charge in [-0.2, -0.15) is 0 Å². The number of ether oxygens (including phenoxy) is 1. The van der Waals surface area contributed by atoms with E-state index in [2.05, 4.69) is 29.4 Å². The first kappa shape index (κ1) is 13.2. The van der Waals surface area contributed by atoms with E-state index in [1.165, 1.54) is 6.42 Å². The monoisotopic (exact) mass is 272 g/mol. The molecule has 2 aromatic rings. The normalized spacial score (nSPS) is 20.9. The van der Waals surface area contributed by atoms with Crippen LogP contribution in [0.4, 0.5) is 0 Å². The Balaban J connectivity index is 1.53. The van der Waals surface area contributed by atoms with Crippen molar-refractivity contribution in [1.29, 1.82) is 0 Å². The summed E-state index contributed by atoms with van der Waals surface area (Å²) in [5.74, 6) is 4.21. The second-order valence-electron chi connectivity index (χ2n) is 5.40. The van der Waals surface area contributed by atoms with Crippen molar-refractivity contribution in [2.24, 2.45) is 5.92 Å². The Labute approximate surface area is 119 Å². The van der Waals surface area contributed by atoms with Gasteiger partial charge in [-0.25, -0.2) is 4.98 Å². The van der Waals surface area contributed by atoms with Crippen molar-refractivity contribution < 1.29 is 9.15 Å². The molecule has 2 unspecified atom stereocenters. The van der Waals surface area contributed by atoms with E-state index in [9.17, 15) is 0 Å². The topological polar surface area (TPSA) is 47.3 Å². The smallest absolute Gasteiger partial charge is 0.217 e. The van der Waals surface area contributed by atoms with E-state index < -0.39 is 0 Å². The van der Waals surface area contributed by atoms with Crippen molar-refractivity contribution in [3.05, 3.63) is 47.5 Å². The van der Waals surface area contributed by atoms with Gasteiger partial charge in [0, 0.05) is 24.2 Å². The maximum atomic E-state index is 5.86. The Morgan fingerprint density at radius 1 is 1.35 bits per heavy atom. The molecule has 0 amide bonds. The molecule has 4 nitrogen and oxygen atoms in total. The molecule has 1 aliphatic carbocycles. The molecule has 2 heterocycles. The van der Waals surface area contributed by atoms with Crippen LogP contribution in [0.15, 0.2) is 34.9 Å². The van der Waals surface area contributed by atoms with Gasteiger partial charge in [0.25, 0.3) is 0 Å². The minimum atomic E-state index is 0.641. The molecule has 3 rings (SSSR count). The number of aromatic nitrogens is 1. The zero-order valence-electron chi connectivity index (χ0n) is 11.9. The van der Waals surface area contributed by atoms with E-state index in [0.29, 0.717) is 18.3 Å². The molecule has 106 valence electrons. The molecule has 2 atom stereocenters. The van der Waals surface area contributed by atoms with Gasteiger partial charge in [-0.1, -0.05) is 13.0 Å². The molecule has 0 aromatic carbocycles. The number of furan rings is 1. The van der Waals surface area contributed by atoms with Crippen LogP contribution in [0.1, 0.15) is 36.3 Å². The van der Waals surface area contributed by atoms with Crippen LogP contribution in [0.3, 0.4) is 0 Å². The van der Waals surface area contributed by atoms with Crippen molar-refractivity contribution in [3.63, 3.8) is 0 Å². The number of nitrogens with zero attached hydrogens (tertiary/aromatic N) is 1. The van der Waals surface area contributed by atoms with Crippen LogP contribution in [0.2, 0.25) is 0 Å². The summed E-state index contributed by atoms with van der Waals surface area (Å²) in [5, 5.41) is 3.36. The van der Waals surface area contributed by atoms with Crippen molar-refractivity contribution in [1.82, 2.24) is 10.3 Å². The van der Waals surface area contributed by atoms with Crippen LogP contribution in [0.25, 0.3) is 0 Å². The molecule has 0 spiro atoms. The lowest BCUT2D eigenvalue weighted by molar-refractivity contribution is 0.389. The van der Waals surface area contributed by atoms with E-state index in [-0.39, 0.29) is 0 Å². The predicted molar refractivity (Wildman–Crippen MR) is 76.6 cm³/mol. The Morgan fingerprint density at radius 2 is 2.20 bits per heavy atom. The Bertz CT molecular complexity index is 579. The van der Waals surface area contributed by atoms with Gasteiger partial charge in [0.05, 0.1) is 13.7 Å². The summed E-state index contributed by atoms with van der Waals surface area (Å²) in [4.78, 5) is 4.18. The largest absolute Gasteiger partial charge is 0.481 e. The molecule has 0 bridgehead atoms. The fourth-order valence-electron chi connectivity index (χ4n) is 2.47. The lowest BCUT2D eigenvalue weighted by Gasteiger charge is -2.07. The average Bonchev–Trinajstić information content (AvgIpc) is 3.01. The molecule has 1 N–H and O–H groups in total. The summed E-state index contributed by atoms with van der Waals surface area (Å²) in [6.45, 7) is 3.70. The SMILES string of the molecule is COc1ncccc1CNCc1ccc(C2CC2C)o1. The van der Waals surface area contributed by atoms with Gasteiger partial charge in [0.1, 0.15) is 11.5 Å². The molecular formula is C16H20N2O2. The molecule has 2 aromatic heterocycles. The van der Waals surface area contributed by atoms with Gasteiger partial charge in [0.15, 0.2) is 0 Å². The quantitative estimate of drug-likeness (QED) is 0.877. The number of methoxy groups -OCH3 is 1. The molecule has 20 heavy (non-hydrogen) atoms. The first-order valence-corrected chi connectivity index (χ1v) is 7.05. The summed E-state index contributed by atoms with van der Waals surface area (Å²) < 4.78 is 11.1. The minimum Gasteiger partial charge on any atom is -0.481 e. The van der Waals surface area contributed by atoms with Crippen molar-refractivity contribution >= 4 is 0 Å². The fraction of sp³-hybridized carbons (Fsp3) is 0.438. The zero-order chi connectivity index (χ0) is 13.9. The Morgan fingerprint density at radius 3 is 2.95 bits per heavy atom. The first-order valence-electron chi connectivity index (χ1n) is 7.05. The second-order valence-corrected chi connectivity index (χ2v) is 5.40. The number of hydrogen-bond acceptors (Lipinski definition) is 4. The minimum absolute atomic E-state index is 0.641. The standard InChI is InChI=1S/C16H20N2O2/c1-11-8-14(11)15-6-5-13(20-15)10-17-9-12-4-3-7-18-16(12)19-2/h3-7,11,14,17H,8-10H2,1-2H3. The zero-order valence-corrected chi connectivity index (χ0v) is 11.9. The van der Waals surface area contributed by atoms with Crippen LogP contribution in [0.5, 0.6) is 5.88 Å². The van der Waals surface area contributed by atoms with Crippen LogP contribution >= 0.6 is 0 Å². The van der Waals surface area contributed by atoms with Gasteiger partial charge in [-0.15, -0.1) is 0 Å². The maximum absolute atomic E-state index is 5.86. The van der Waals surface area contributed by atoms with E-state index in [1.807, 2.05) is 12.1 Å². The summed E-state index contributed by atoms with van der Waals surface area (Å²) in [6.07, 6.45) is 2.99. The highest BCUT2D eigenvalue weighted by molar-refractivity contribution is 5.25. The van der Waals surface area contributed by atoms with Crippen LogP contribution in [-0.2, 0) is 13.1 Å². The van der Waals surface area contributed by atoms with Crippen LogP contribution in [-0.4, -0.2) is 12.1 Å². The third kappa shape index (κ3) is 2.85. The number of hydrogen-bond donors (Lipinski definition) is 1.